The van der Waals surface area contributed by atoms with Gasteiger partial charge in [0.2, 0.25) is 0 Å². The fraction of sp³-hybridized carbons (Fsp3) is 0.538. The lowest BCUT2D eigenvalue weighted by atomic mass is 10.1. The molecule has 1 aliphatic rings. The van der Waals surface area contributed by atoms with Crippen LogP contribution in [0.25, 0.3) is 0 Å². The molecule has 1 atom stereocenters. The Labute approximate surface area is 96.5 Å². The van der Waals surface area contributed by atoms with Crippen molar-refractivity contribution in [2.75, 3.05) is 25.0 Å². The van der Waals surface area contributed by atoms with E-state index in [1.807, 2.05) is 13.1 Å². The summed E-state index contributed by atoms with van der Waals surface area (Å²) < 4.78 is 13.0. The molecule has 0 aliphatic carbocycles. The number of hydrogen-bond donors (Lipinski definition) is 1. The van der Waals surface area contributed by atoms with Crippen LogP contribution >= 0.6 is 0 Å². The topological polar surface area (TPSA) is 15.3 Å². The van der Waals surface area contributed by atoms with E-state index in [2.05, 4.69) is 10.2 Å². The zero-order valence-electron chi connectivity index (χ0n) is 9.75. The molecule has 1 unspecified atom stereocenters. The van der Waals surface area contributed by atoms with Gasteiger partial charge < -0.3 is 10.2 Å². The van der Waals surface area contributed by atoms with Crippen molar-refractivity contribution < 1.29 is 4.39 Å². The zero-order chi connectivity index (χ0) is 11.4. The molecule has 1 aromatic rings. The molecular weight excluding hydrogens is 203 g/mol. The average molecular weight is 222 g/mol. The van der Waals surface area contributed by atoms with Crippen molar-refractivity contribution in [2.45, 2.75) is 25.3 Å². The fourth-order valence-electron chi connectivity index (χ4n) is 2.20. The third kappa shape index (κ3) is 2.95. The maximum Gasteiger partial charge on any atom is 0.125 e. The van der Waals surface area contributed by atoms with Gasteiger partial charge >= 0.3 is 0 Å². The van der Waals surface area contributed by atoms with Gasteiger partial charge in [0.05, 0.1) is 0 Å². The molecule has 0 spiro atoms. The third-order valence-electron chi connectivity index (χ3n) is 3.22. The molecule has 1 aromatic carbocycles. The Kier molecular flexibility index (Phi) is 3.78. The summed E-state index contributed by atoms with van der Waals surface area (Å²) >= 11 is 0. The Morgan fingerprint density at radius 2 is 2.38 bits per heavy atom. The SMILES string of the molecule is CN(CCC1CCCN1)c1cccc(F)c1. The normalized spacial score (nSPS) is 20.0. The molecule has 1 saturated heterocycles. The van der Waals surface area contributed by atoms with Crippen LogP contribution in [0.4, 0.5) is 10.1 Å². The molecule has 0 amide bonds. The summed E-state index contributed by atoms with van der Waals surface area (Å²) in [6.45, 7) is 2.12. The van der Waals surface area contributed by atoms with Crippen molar-refractivity contribution in [3.05, 3.63) is 30.1 Å². The Morgan fingerprint density at radius 1 is 1.50 bits per heavy atom. The number of nitrogens with one attached hydrogen (secondary N) is 1. The van der Waals surface area contributed by atoms with Crippen molar-refractivity contribution in [3.8, 4) is 0 Å². The maximum atomic E-state index is 13.0. The van der Waals surface area contributed by atoms with Gasteiger partial charge in [-0.2, -0.15) is 0 Å². The molecule has 0 aromatic heterocycles. The Morgan fingerprint density at radius 3 is 3.06 bits per heavy atom. The minimum atomic E-state index is -0.164. The molecule has 16 heavy (non-hydrogen) atoms. The molecule has 0 radical (unpaired) electrons. The first-order valence-corrected chi connectivity index (χ1v) is 5.96. The molecular formula is C13H19FN2. The van der Waals surface area contributed by atoms with E-state index in [9.17, 15) is 4.39 Å². The zero-order valence-corrected chi connectivity index (χ0v) is 9.75. The average Bonchev–Trinajstić information content (AvgIpc) is 2.78. The molecule has 2 nitrogen and oxygen atoms in total. The van der Waals surface area contributed by atoms with Gasteiger partial charge in [0.25, 0.3) is 0 Å². The highest BCUT2D eigenvalue weighted by molar-refractivity contribution is 5.45. The number of anilines is 1. The first-order chi connectivity index (χ1) is 7.75. The quantitative estimate of drug-likeness (QED) is 0.841. The van der Waals surface area contributed by atoms with E-state index in [0.29, 0.717) is 6.04 Å². The minimum Gasteiger partial charge on any atom is -0.374 e. The van der Waals surface area contributed by atoms with E-state index in [1.165, 1.54) is 18.9 Å². The predicted molar refractivity (Wildman–Crippen MR) is 65.3 cm³/mol. The first-order valence-electron chi connectivity index (χ1n) is 5.96. The summed E-state index contributed by atoms with van der Waals surface area (Å²) in [6.07, 6.45) is 3.69. The van der Waals surface area contributed by atoms with E-state index < -0.39 is 0 Å². The third-order valence-corrected chi connectivity index (χ3v) is 3.22. The van der Waals surface area contributed by atoms with Gasteiger partial charge in [-0.05, 0) is 44.0 Å². The summed E-state index contributed by atoms with van der Waals surface area (Å²) in [5.41, 5.74) is 0.956. The standard InChI is InChI=1S/C13H19FN2/c1-16(9-7-12-5-3-8-15-12)13-6-2-4-11(14)10-13/h2,4,6,10,12,15H,3,5,7-9H2,1H3. The second-order valence-electron chi connectivity index (χ2n) is 4.48. The van der Waals surface area contributed by atoms with Gasteiger partial charge in [-0.1, -0.05) is 6.07 Å². The van der Waals surface area contributed by atoms with Crippen LogP contribution in [0.15, 0.2) is 24.3 Å². The molecule has 2 rings (SSSR count). The van der Waals surface area contributed by atoms with Gasteiger partial charge in [-0.3, -0.25) is 0 Å². The highest BCUT2D eigenvalue weighted by atomic mass is 19.1. The van der Waals surface area contributed by atoms with Crippen LogP contribution in [0.3, 0.4) is 0 Å². The van der Waals surface area contributed by atoms with Gasteiger partial charge in [-0.15, -0.1) is 0 Å². The summed E-state index contributed by atoms with van der Waals surface area (Å²) in [4.78, 5) is 2.11. The lowest BCUT2D eigenvalue weighted by molar-refractivity contribution is 0.558. The minimum absolute atomic E-state index is 0.164. The van der Waals surface area contributed by atoms with E-state index in [4.69, 9.17) is 0 Å². The molecule has 1 N–H and O–H groups in total. The molecule has 0 saturated carbocycles. The smallest absolute Gasteiger partial charge is 0.125 e. The molecule has 1 aliphatic heterocycles. The van der Waals surface area contributed by atoms with Crippen LogP contribution in [0.1, 0.15) is 19.3 Å². The molecule has 3 heteroatoms. The van der Waals surface area contributed by atoms with Crippen LogP contribution < -0.4 is 10.2 Å². The molecule has 1 heterocycles. The number of hydrogen-bond acceptors (Lipinski definition) is 2. The highest BCUT2D eigenvalue weighted by Gasteiger charge is 2.14. The second kappa shape index (κ2) is 5.30. The summed E-state index contributed by atoms with van der Waals surface area (Å²) in [6, 6.07) is 7.42. The number of rotatable bonds is 4. The van der Waals surface area contributed by atoms with Gasteiger partial charge in [0, 0.05) is 25.3 Å². The number of benzene rings is 1. The van der Waals surface area contributed by atoms with E-state index >= 15 is 0 Å². The van der Waals surface area contributed by atoms with E-state index in [0.717, 1.165) is 25.2 Å². The summed E-state index contributed by atoms with van der Waals surface area (Å²) in [7, 11) is 2.02. The van der Waals surface area contributed by atoms with E-state index in [1.54, 1.807) is 12.1 Å². The Bertz CT molecular complexity index is 334. The van der Waals surface area contributed by atoms with Crippen LogP contribution in [0.5, 0.6) is 0 Å². The van der Waals surface area contributed by atoms with Crippen molar-refractivity contribution in [2.24, 2.45) is 0 Å². The molecule has 0 bridgehead atoms. The van der Waals surface area contributed by atoms with Crippen LogP contribution in [0.2, 0.25) is 0 Å². The summed E-state index contributed by atoms with van der Waals surface area (Å²) in [5.74, 6) is -0.164. The fourth-order valence-corrected chi connectivity index (χ4v) is 2.20. The maximum absolute atomic E-state index is 13.0. The lowest BCUT2D eigenvalue weighted by Gasteiger charge is -2.21. The van der Waals surface area contributed by atoms with Gasteiger partial charge in [-0.25, -0.2) is 4.39 Å². The monoisotopic (exact) mass is 222 g/mol. The Balaban J connectivity index is 1.85. The lowest BCUT2D eigenvalue weighted by Crippen LogP contribution is -2.28. The van der Waals surface area contributed by atoms with Crippen LogP contribution in [-0.4, -0.2) is 26.2 Å². The Hall–Kier alpha value is -1.09. The predicted octanol–water partition coefficient (Wildman–Crippen LogP) is 2.40. The molecule has 88 valence electrons. The number of halogens is 1. The summed E-state index contributed by atoms with van der Waals surface area (Å²) in [5, 5.41) is 3.47. The second-order valence-corrected chi connectivity index (χ2v) is 4.48. The van der Waals surface area contributed by atoms with Crippen molar-refractivity contribution >= 4 is 5.69 Å². The first kappa shape index (κ1) is 11.4. The van der Waals surface area contributed by atoms with Crippen molar-refractivity contribution in [3.63, 3.8) is 0 Å². The highest BCUT2D eigenvalue weighted by Crippen LogP contribution is 2.16. The van der Waals surface area contributed by atoms with Crippen molar-refractivity contribution in [1.82, 2.24) is 5.32 Å². The van der Waals surface area contributed by atoms with Gasteiger partial charge in [0.1, 0.15) is 5.82 Å². The van der Waals surface area contributed by atoms with Crippen molar-refractivity contribution in [1.29, 1.82) is 0 Å². The molecule has 1 fully saturated rings. The van der Waals surface area contributed by atoms with Gasteiger partial charge in [0.15, 0.2) is 0 Å². The van der Waals surface area contributed by atoms with Crippen LogP contribution in [-0.2, 0) is 0 Å². The number of nitrogens with zero attached hydrogens (tertiary/aromatic N) is 1. The van der Waals surface area contributed by atoms with E-state index in [-0.39, 0.29) is 5.82 Å². The van der Waals surface area contributed by atoms with Crippen LogP contribution in [0, 0.1) is 5.82 Å². The largest absolute Gasteiger partial charge is 0.374 e.